The van der Waals surface area contributed by atoms with E-state index in [-0.39, 0.29) is 11.3 Å². The Morgan fingerprint density at radius 3 is 2.29 bits per heavy atom. The number of rotatable bonds is 3. The maximum absolute atomic E-state index is 10.8. The van der Waals surface area contributed by atoms with Gasteiger partial charge in [-0.05, 0) is 37.3 Å². The molecule has 1 amide bonds. The molecule has 1 fully saturated rings. The minimum Gasteiger partial charge on any atom is -0.465 e. The van der Waals surface area contributed by atoms with Crippen molar-refractivity contribution in [3.8, 4) is 0 Å². The molecule has 0 aromatic heterocycles. The standard InChI is InChI=1S/C12H24N2O3/c1-12(2,3)10(14-11(16)17)9(15)8-4-6-13-7-5-8/h8-10,13-15H,4-7H2,1-3H3,(H,16,17). The highest BCUT2D eigenvalue weighted by atomic mass is 16.4. The molecule has 1 aliphatic rings. The lowest BCUT2D eigenvalue weighted by Gasteiger charge is -2.39. The van der Waals surface area contributed by atoms with Crippen LogP contribution in [0.3, 0.4) is 0 Å². The smallest absolute Gasteiger partial charge is 0.404 e. The molecule has 1 saturated heterocycles. The Morgan fingerprint density at radius 2 is 1.88 bits per heavy atom. The van der Waals surface area contributed by atoms with Gasteiger partial charge in [-0.3, -0.25) is 0 Å². The van der Waals surface area contributed by atoms with Gasteiger partial charge in [-0.2, -0.15) is 0 Å². The Labute approximate surface area is 103 Å². The van der Waals surface area contributed by atoms with E-state index in [0.717, 1.165) is 25.9 Å². The molecule has 17 heavy (non-hydrogen) atoms. The van der Waals surface area contributed by atoms with Gasteiger partial charge in [-0.25, -0.2) is 4.79 Å². The van der Waals surface area contributed by atoms with Gasteiger partial charge in [0.05, 0.1) is 12.1 Å². The zero-order chi connectivity index (χ0) is 13.1. The molecule has 5 heteroatoms. The molecule has 0 aromatic rings. The highest BCUT2D eigenvalue weighted by Gasteiger charge is 2.37. The SMILES string of the molecule is CC(C)(C)C(NC(=O)O)C(O)C1CCNCC1. The molecular formula is C12H24N2O3. The molecule has 2 atom stereocenters. The van der Waals surface area contributed by atoms with Crippen LogP contribution in [0.5, 0.6) is 0 Å². The maximum Gasteiger partial charge on any atom is 0.404 e. The minimum absolute atomic E-state index is 0.173. The summed E-state index contributed by atoms with van der Waals surface area (Å²) in [5.41, 5.74) is -0.289. The summed E-state index contributed by atoms with van der Waals surface area (Å²) < 4.78 is 0. The average Bonchev–Trinajstić information content (AvgIpc) is 2.24. The molecule has 1 heterocycles. The summed E-state index contributed by atoms with van der Waals surface area (Å²) in [5.74, 6) is 0.173. The monoisotopic (exact) mass is 244 g/mol. The topological polar surface area (TPSA) is 81.6 Å². The van der Waals surface area contributed by atoms with Crippen molar-refractivity contribution in [2.75, 3.05) is 13.1 Å². The van der Waals surface area contributed by atoms with Crippen LogP contribution in [0.4, 0.5) is 4.79 Å². The first kappa shape index (κ1) is 14.3. The van der Waals surface area contributed by atoms with Gasteiger partial charge in [0.2, 0.25) is 0 Å². The van der Waals surface area contributed by atoms with Gasteiger partial charge in [-0.15, -0.1) is 0 Å². The third kappa shape index (κ3) is 4.16. The van der Waals surface area contributed by atoms with Crippen molar-refractivity contribution in [2.24, 2.45) is 11.3 Å². The first-order valence-corrected chi connectivity index (χ1v) is 6.20. The lowest BCUT2D eigenvalue weighted by atomic mass is 9.77. The van der Waals surface area contributed by atoms with E-state index in [4.69, 9.17) is 5.11 Å². The van der Waals surface area contributed by atoms with E-state index in [0.29, 0.717) is 0 Å². The molecular weight excluding hydrogens is 220 g/mol. The predicted molar refractivity (Wildman–Crippen MR) is 66.0 cm³/mol. The van der Waals surface area contributed by atoms with Crippen LogP contribution in [0.2, 0.25) is 0 Å². The summed E-state index contributed by atoms with van der Waals surface area (Å²) in [6, 6.07) is -0.428. The van der Waals surface area contributed by atoms with E-state index in [2.05, 4.69) is 10.6 Å². The zero-order valence-corrected chi connectivity index (χ0v) is 10.9. The summed E-state index contributed by atoms with van der Waals surface area (Å²) >= 11 is 0. The first-order valence-electron chi connectivity index (χ1n) is 6.20. The van der Waals surface area contributed by atoms with Gasteiger partial charge < -0.3 is 20.8 Å². The van der Waals surface area contributed by atoms with E-state index < -0.39 is 18.2 Å². The Hall–Kier alpha value is -0.810. The number of carbonyl (C=O) groups is 1. The van der Waals surface area contributed by atoms with Crippen molar-refractivity contribution in [2.45, 2.75) is 45.8 Å². The Morgan fingerprint density at radius 1 is 1.35 bits per heavy atom. The Kier molecular flexibility index (Phi) is 4.77. The normalized spacial score (nSPS) is 21.9. The molecule has 0 spiro atoms. The number of carboxylic acid groups (broad SMARTS) is 1. The van der Waals surface area contributed by atoms with Crippen LogP contribution in [0.25, 0.3) is 0 Å². The maximum atomic E-state index is 10.8. The summed E-state index contributed by atoms with van der Waals surface area (Å²) in [6.07, 6.45) is 0.107. The number of hydrogen-bond acceptors (Lipinski definition) is 3. The lowest BCUT2D eigenvalue weighted by molar-refractivity contribution is 0.0158. The van der Waals surface area contributed by atoms with Crippen LogP contribution in [0, 0.1) is 11.3 Å². The largest absolute Gasteiger partial charge is 0.465 e. The molecule has 2 unspecified atom stereocenters. The fourth-order valence-electron chi connectivity index (χ4n) is 2.41. The number of aliphatic hydroxyl groups is 1. The van der Waals surface area contributed by atoms with E-state index >= 15 is 0 Å². The molecule has 0 saturated carbocycles. The van der Waals surface area contributed by atoms with Gasteiger partial charge in [0, 0.05) is 0 Å². The van der Waals surface area contributed by atoms with Crippen LogP contribution in [0.15, 0.2) is 0 Å². The lowest BCUT2D eigenvalue weighted by Crippen LogP contribution is -2.54. The van der Waals surface area contributed by atoms with Gasteiger partial charge in [-0.1, -0.05) is 20.8 Å². The summed E-state index contributed by atoms with van der Waals surface area (Å²) in [6.45, 7) is 7.62. The summed E-state index contributed by atoms with van der Waals surface area (Å²) in [7, 11) is 0. The van der Waals surface area contributed by atoms with Crippen molar-refractivity contribution < 1.29 is 15.0 Å². The van der Waals surface area contributed by atoms with Crippen LogP contribution in [-0.2, 0) is 0 Å². The van der Waals surface area contributed by atoms with Gasteiger partial charge in [0.1, 0.15) is 0 Å². The summed E-state index contributed by atoms with van der Waals surface area (Å²) in [5, 5.41) is 24.9. The third-order valence-corrected chi connectivity index (χ3v) is 3.42. The van der Waals surface area contributed by atoms with Crippen LogP contribution in [0.1, 0.15) is 33.6 Å². The quantitative estimate of drug-likeness (QED) is 0.597. The van der Waals surface area contributed by atoms with E-state index in [1.807, 2.05) is 20.8 Å². The van der Waals surface area contributed by atoms with Crippen LogP contribution in [-0.4, -0.2) is 41.5 Å². The van der Waals surface area contributed by atoms with E-state index in [1.165, 1.54) is 0 Å². The zero-order valence-electron chi connectivity index (χ0n) is 10.9. The fraction of sp³-hybridized carbons (Fsp3) is 0.917. The van der Waals surface area contributed by atoms with Crippen molar-refractivity contribution >= 4 is 6.09 Å². The Bertz CT molecular complexity index is 257. The highest BCUT2D eigenvalue weighted by Crippen LogP contribution is 2.28. The van der Waals surface area contributed by atoms with Crippen LogP contribution < -0.4 is 10.6 Å². The fourth-order valence-corrected chi connectivity index (χ4v) is 2.41. The molecule has 1 rings (SSSR count). The van der Waals surface area contributed by atoms with Crippen molar-refractivity contribution in [3.05, 3.63) is 0 Å². The average molecular weight is 244 g/mol. The van der Waals surface area contributed by atoms with Gasteiger partial charge in [0.15, 0.2) is 0 Å². The molecule has 0 aliphatic carbocycles. The molecule has 5 nitrogen and oxygen atoms in total. The second-order valence-electron chi connectivity index (χ2n) is 5.87. The first-order chi connectivity index (χ1) is 7.82. The molecule has 0 bridgehead atoms. The molecule has 0 aromatic carbocycles. The van der Waals surface area contributed by atoms with Crippen molar-refractivity contribution in [1.29, 1.82) is 0 Å². The number of hydrogen-bond donors (Lipinski definition) is 4. The van der Waals surface area contributed by atoms with E-state index in [9.17, 15) is 9.90 Å². The second-order valence-corrected chi connectivity index (χ2v) is 5.87. The number of piperidine rings is 1. The highest BCUT2D eigenvalue weighted by molar-refractivity contribution is 5.65. The predicted octanol–water partition coefficient (Wildman–Crippen LogP) is 1.03. The molecule has 1 aliphatic heterocycles. The molecule has 100 valence electrons. The van der Waals surface area contributed by atoms with Crippen LogP contribution >= 0.6 is 0 Å². The molecule has 4 N–H and O–H groups in total. The number of aliphatic hydroxyl groups excluding tert-OH is 1. The van der Waals surface area contributed by atoms with E-state index in [1.54, 1.807) is 0 Å². The van der Waals surface area contributed by atoms with Crippen molar-refractivity contribution in [3.63, 3.8) is 0 Å². The van der Waals surface area contributed by atoms with Gasteiger partial charge in [0.25, 0.3) is 0 Å². The minimum atomic E-state index is -1.07. The third-order valence-electron chi connectivity index (χ3n) is 3.42. The van der Waals surface area contributed by atoms with Crippen molar-refractivity contribution in [1.82, 2.24) is 10.6 Å². The second kappa shape index (κ2) is 5.69. The summed E-state index contributed by atoms with van der Waals surface area (Å²) in [4.78, 5) is 10.8. The number of nitrogens with one attached hydrogen (secondary N) is 2. The number of amides is 1. The molecule has 0 radical (unpaired) electrons. The van der Waals surface area contributed by atoms with Gasteiger partial charge >= 0.3 is 6.09 Å². The Balaban J connectivity index is 2.70.